The normalized spacial score (nSPS) is 34.9. The number of aliphatic hydroxyl groups is 5. The van der Waals surface area contributed by atoms with Gasteiger partial charge in [-0.2, -0.15) is 5.06 Å². The monoisotopic (exact) mass is 857 g/mol. The average molecular weight is 858 g/mol. The molecule has 6 aliphatic rings. The lowest BCUT2D eigenvalue weighted by Gasteiger charge is -2.50. The van der Waals surface area contributed by atoms with E-state index in [1.807, 2.05) is 84.9 Å². The zero-order valence-corrected chi connectivity index (χ0v) is 33.8. The van der Waals surface area contributed by atoms with Crippen molar-refractivity contribution >= 4 is 23.9 Å². The van der Waals surface area contributed by atoms with Gasteiger partial charge in [0.2, 0.25) is 17.6 Å². The van der Waals surface area contributed by atoms with Crippen LogP contribution in [0.3, 0.4) is 0 Å². The van der Waals surface area contributed by atoms with Gasteiger partial charge in [-0.05, 0) is 24.0 Å². The molecule has 12 atom stereocenters. The largest absolute Gasteiger partial charge is 0.458 e. The summed E-state index contributed by atoms with van der Waals surface area (Å²) in [5.41, 5.74) is 1.25. The molecule has 62 heavy (non-hydrogen) atoms. The van der Waals surface area contributed by atoms with Gasteiger partial charge < -0.3 is 59.4 Å². The van der Waals surface area contributed by atoms with Gasteiger partial charge in [-0.1, -0.05) is 97.1 Å². The Bertz CT molecular complexity index is 2090. The van der Waals surface area contributed by atoms with E-state index in [2.05, 4.69) is 5.32 Å². The van der Waals surface area contributed by atoms with E-state index in [4.69, 9.17) is 28.5 Å². The quantitative estimate of drug-likeness (QED) is 0.126. The highest BCUT2D eigenvalue weighted by atomic mass is 16.8. The summed E-state index contributed by atoms with van der Waals surface area (Å²) in [6, 6.07) is 24.2. The van der Waals surface area contributed by atoms with Crippen molar-refractivity contribution in [1.82, 2.24) is 15.3 Å². The van der Waals surface area contributed by atoms with E-state index in [1.54, 1.807) is 17.1 Å². The second-order valence-corrected chi connectivity index (χ2v) is 16.5. The highest BCUT2D eigenvalue weighted by Gasteiger charge is 2.77. The predicted molar refractivity (Wildman–Crippen MR) is 215 cm³/mol. The van der Waals surface area contributed by atoms with E-state index >= 15 is 4.79 Å². The lowest BCUT2D eigenvalue weighted by molar-refractivity contribution is -0.298. The van der Waals surface area contributed by atoms with Crippen LogP contribution in [0.4, 0.5) is 0 Å². The van der Waals surface area contributed by atoms with Gasteiger partial charge in [-0.25, -0.2) is 0 Å². The maximum atomic E-state index is 15.5. The van der Waals surface area contributed by atoms with Crippen LogP contribution in [0.1, 0.15) is 41.5 Å². The van der Waals surface area contributed by atoms with Crippen LogP contribution in [-0.4, -0.2) is 153 Å². The molecule has 1 saturated carbocycles. The molecule has 2 amide bonds. The molecule has 1 aliphatic carbocycles. The molecule has 5 saturated heterocycles. The van der Waals surface area contributed by atoms with Crippen LogP contribution in [0.5, 0.6) is 0 Å². The third kappa shape index (κ3) is 7.24. The number of benzene rings is 3. The number of amides is 2. The van der Waals surface area contributed by atoms with Crippen molar-refractivity contribution < 1.29 is 68.4 Å². The Hall–Kier alpha value is -4.63. The molecule has 0 radical (unpaired) electrons. The predicted octanol–water partition coefficient (Wildman–Crippen LogP) is 0.101. The van der Waals surface area contributed by atoms with Crippen LogP contribution in [0.2, 0.25) is 0 Å². The number of likely N-dealkylation sites (tertiary alicyclic amines) is 1. The number of hydroxylamine groups is 2. The lowest BCUT2D eigenvalue weighted by Crippen LogP contribution is -2.70. The van der Waals surface area contributed by atoms with Crippen LogP contribution in [0.15, 0.2) is 91.0 Å². The fourth-order valence-corrected chi connectivity index (χ4v) is 10.1. The standard InChI is InChI=1S/C45H51N3O14/c49-21-19-46-40(54)30-18-9-20-47(30)43(56)44-23-31-36-37(61-45(60-36,28-14-3-1-4-15-28)29-16-5-2-6-17-29)39(44)62-48(38(44)41(55)58-31)24-27-12-8-7-11-26(27)13-10-22-57-42-35(53)34(52)33(51)32(25-50)59-42/h1-8,10-17,30-39,42,49-53H,9,18-25H2,(H,46,54)/t30-,31-,32-,33+,34+,35-,36+,37+,38+,39-,42+,44+/m1/s1. The summed E-state index contributed by atoms with van der Waals surface area (Å²) in [6.07, 6.45) is -6.37. The number of ether oxygens (including phenoxy) is 5. The van der Waals surface area contributed by atoms with Crippen LogP contribution in [0.25, 0.3) is 6.08 Å². The number of aliphatic hydroxyl groups excluding tert-OH is 5. The molecule has 2 bridgehead atoms. The number of hydrogen-bond donors (Lipinski definition) is 6. The maximum absolute atomic E-state index is 15.5. The van der Waals surface area contributed by atoms with E-state index in [9.17, 15) is 35.1 Å². The van der Waals surface area contributed by atoms with Gasteiger partial charge in [0.25, 0.3) is 0 Å². The fourth-order valence-electron chi connectivity index (χ4n) is 10.1. The molecule has 0 unspecified atom stereocenters. The van der Waals surface area contributed by atoms with Gasteiger partial charge in [0.1, 0.15) is 60.3 Å². The minimum Gasteiger partial charge on any atom is -0.458 e. The Labute approximate surface area is 357 Å². The van der Waals surface area contributed by atoms with E-state index in [0.29, 0.717) is 35.1 Å². The second-order valence-electron chi connectivity index (χ2n) is 16.5. The van der Waals surface area contributed by atoms with Gasteiger partial charge in [0.15, 0.2) is 12.3 Å². The summed E-state index contributed by atoms with van der Waals surface area (Å²) >= 11 is 0. The molecule has 6 N–H and O–H groups in total. The number of rotatable bonds is 13. The zero-order chi connectivity index (χ0) is 43.2. The first-order chi connectivity index (χ1) is 30.1. The molecule has 330 valence electrons. The number of esters is 1. The molecule has 17 nitrogen and oxygen atoms in total. The molecule has 3 aromatic rings. The van der Waals surface area contributed by atoms with Crippen molar-refractivity contribution in [3.63, 3.8) is 0 Å². The first kappa shape index (κ1) is 42.7. The van der Waals surface area contributed by atoms with Crippen molar-refractivity contribution in [1.29, 1.82) is 0 Å². The lowest BCUT2D eigenvalue weighted by atomic mass is 9.62. The minimum atomic E-state index is -1.58. The third-order valence-corrected chi connectivity index (χ3v) is 13.0. The van der Waals surface area contributed by atoms with E-state index in [1.165, 1.54) is 5.06 Å². The molecule has 5 aliphatic heterocycles. The summed E-state index contributed by atoms with van der Waals surface area (Å²) in [4.78, 5) is 51.9. The molecule has 3 aromatic carbocycles. The number of hydrogen-bond acceptors (Lipinski definition) is 15. The van der Waals surface area contributed by atoms with Crippen LogP contribution < -0.4 is 5.32 Å². The number of nitrogens with one attached hydrogen (secondary N) is 1. The van der Waals surface area contributed by atoms with E-state index in [0.717, 1.165) is 0 Å². The Morgan fingerprint density at radius 2 is 1.58 bits per heavy atom. The minimum absolute atomic E-state index is 0.0191. The number of nitrogens with zero attached hydrogens (tertiary/aromatic N) is 2. The average Bonchev–Trinajstić information content (AvgIpc) is 4.04. The van der Waals surface area contributed by atoms with Gasteiger partial charge in [-0.3, -0.25) is 19.2 Å². The van der Waals surface area contributed by atoms with Gasteiger partial charge in [0.05, 0.1) is 26.4 Å². The SMILES string of the molecule is O=C(NCCO)[C@H]1CCCN1C(=O)[C@@]12C[C@H]3OC(=O)[C@@H]1N(Cc1ccccc1C=CCO[C@H]1O[C@H](CO)[C@H](O)[C@H](O)[C@H]1O)O[C@@H]2[C@H]1OC(c2ccccc2)(c2ccccc2)O[C@H]13. The molecule has 0 spiro atoms. The van der Waals surface area contributed by atoms with Crippen LogP contribution >= 0.6 is 0 Å². The first-order valence-corrected chi connectivity index (χ1v) is 21.1. The van der Waals surface area contributed by atoms with Crippen molar-refractivity contribution in [3.05, 3.63) is 113 Å². The fraction of sp³-hybridized carbons (Fsp3) is 0.489. The van der Waals surface area contributed by atoms with Crippen molar-refractivity contribution in [2.24, 2.45) is 5.41 Å². The molecule has 0 aromatic heterocycles. The highest BCUT2D eigenvalue weighted by Crippen LogP contribution is 2.60. The molecular formula is C45H51N3O14. The molecular weight excluding hydrogens is 807 g/mol. The molecule has 6 fully saturated rings. The van der Waals surface area contributed by atoms with Gasteiger partial charge in [-0.15, -0.1) is 0 Å². The third-order valence-electron chi connectivity index (χ3n) is 13.0. The maximum Gasteiger partial charge on any atom is 0.327 e. The summed E-state index contributed by atoms with van der Waals surface area (Å²) in [5.74, 6) is -2.93. The number of carbonyl (C=O) groups is 3. The summed E-state index contributed by atoms with van der Waals surface area (Å²) in [7, 11) is 0. The Kier molecular flexibility index (Phi) is 12.0. The zero-order valence-electron chi connectivity index (χ0n) is 33.8. The Balaban J connectivity index is 1.05. The Morgan fingerprint density at radius 1 is 0.887 bits per heavy atom. The summed E-state index contributed by atoms with van der Waals surface area (Å²) in [5, 5.41) is 53.9. The summed E-state index contributed by atoms with van der Waals surface area (Å²) < 4.78 is 31.5. The number of carbonyl (C=O) groups excluding carboxylic acids is 3. The first-order valence-electron chi connectivity index (χ1n) is 21.1. The second kappa shape index (κ2) is 17.5. The topological polar surface area (TPSA) is 226 Å². The van der Waals surface area contributed by atoms with Crippen LogP contribution in [0, 0.1) is 5.41 Å². The van der Waals surface area contributed by atoms with E-state index < -0.39 is 96.9 Å². The van der Waals surface area contributed by atoms with E-state index in [-0.39, 0.29) is 45.2 Å². The van der Waals surface area contributed by atoms with Crippen molar-refractivity contribution in [3.8, 4) is 0 Å². The summed E-state index contributed by atoms with van der Waals surface area (Å²) in [6.45, 7) is -0.604. The van der Waals surface area contributed by atoms with Crippen molar-refractivity contribution in [2.45, 2.75) is 98.8 Å². The molecule has 5 heterocycles. The van der Waals surface area contributed by atoms with Gasteiger partial charge >= 0.3 is 5.97 Å². The smallest absolute Gasteiger partial charge is 0.327 e. The molecule has 17 heteroatoms. The highest BCUT2D eigenvalue weighted by molar-refractivity contribution is 5.96. The van der Waals surface area contributed by atoms with Crippen molar-refractivity contribution in [2.75, 3.05) is 32.9 Å². The Morgan fingerprint density at radius 3 is 2.29 bits per heavy atom. The molecule has 9 rings (SSSR count). The number of fused-ring (bicyclic) bond motifs is 4. The van der Waals surface area contributed by atoms with Crippen LogP contribution in [-0.2, 0) is 55.2 Å². The van der Waals surface area contributed by atoms with Gasteiger partial charge in [0, 0.05) is 30.6 Å².